The Labute approximate surface area is 113 Å². The molecule has 1 aliphatic carbocycles. The standard InChI is InChI=1S/C16H31NO/c1-4-11-17-16(12-14(2)13-18-3)15-9-7-5-6-8-10-15/h9,14,16-17H,4-8,10-13H2,1-3H3. The van der Waals surface area contributed by atoms with Gasteiger partial charge >= 0.3 is 0 Å². The van der Waals surface area contributed by atoms with Gasteiger partial charge in [0.25, 0.3) is 0 Å². The van der Waals surface area contributed by atoms with Crippen LogP contribution >= 0.6 is 0 Å². The molecule has 0 aromatic rings. The molecule has 2 nitrogen and oxygen atoms in total. The monoisotopic (exact) mass is 253 g/mol. The van der Waals surface area contributed by atoms with Crippen LogP contribution in [0.2, 0.25) is 0 Å². The first-order chi connectivity index (χ1) is 8.77. The highest BCUT2D eigenvalue weighted by molar-refractivity contribution is 5.12. The Morgan fingerprint density at radius 2 is 2.17 bits per heavy atom. The molecule has 0 amide bonds. The molecule has 18 heavy (non-hydrogen) atoms. The van der Waals surface area contributed by atoms with Gasteiger partial charge in [-0.05, 0) is 51.0 Å². The lowest BCUT2D eigenvalue weighted by Crippen LogP contribution is -2.34. The van der Waals surface area contributed by atoms with Crippen molar-refractivity contribution in [3.63, 3.8) is 0 Å². The zero-order valence-electron chi connectivity index (χ0n) is 12.5. The average molecular weight is 253 g/mol. The van der Waals surface area contributed by atoms with E-state index in [2.05, 4.69) is 25.2 Å². The van der Waals surface area contributed by atoms with Crippen molar-refractivity contribution in [3.8, 4) is 0 Å². The fourth-order valence-electron chi connectivity index (χ4n) is 2.80. The number of hydrogen-bond donors (Lipinski definition) is 1. The van der Waals surface area contributed by atoms with E-state index < -0.39 is 0 Å². The predicted octanol–water partition coefficient (Wildman–Crippen LogP) is 3.92. The molecule has 0 bridgehead atoms. The van der Waals surface area contributed by atoms with E-state index in [0.717, 1.165) is 13.2 Å². The Bertz CT molecular complexity index is 237. The third-order valence-electron chi connectivity index (χ3n) is 3.75. The number of ether oxygens (including phenoxy) is 1. The fourth-order valence-corrected chi connectivity index (χ4v) is 2.80. The van der Waals surface area contributed by atoms with Crippen LogP contribution in [-0.2, 0) is 4.74 Å². The number of hydrogen-bond acceptors (Lipinski definition) is 2. The molecule has 2 atom stereocenters. The Morgan fingerprint density at radius 1 is 1.33 bits per heavy atom. The number of nitrogens with one attached hydrogen (secondary N) is 1. The smallest absolute Gasteiger partial charge is 0.0488 e. The summed E-state index contributed by atoms with van der Waals surface area (Å²) in [5, 5.41) is 3.73. The molecule has 0 aromatic carbocycles. The highest BCUT2D eigenvalue weighted by Crippen LogP contribution is 2.23. The summed E-state index contributed by atoms with van der Waals surface area (Å²) in [5.74, 6) is 0.633. The molecule has 0 radical (unpaired) electrons. The Morgan fingerprint density at radius 3 is 2.89 bits per heavy atom. The van der Waals surface area contributed by atoms with Crippen molar-refractivity contribution < 1.29 is 4.74 Å². The zero-order valence-corrected chi connectivity index (χ0v) is 12.5. The second kappa shape index (κ2) is 9.57. The summed E-state index contributed by atoms with van der Waals surface area (Å²) in [5.41, 5.74) is 1.66. The minimum absolute atomic E-state index is 0.577. The van der Waals surface area contributed by atoms with Gasteiger partial charge in [0.2, 0.25) is 0 Å². The lowest BCUT2D eigenvalue weighted by atomic mass is 9.93. The summed E-state index contributed by atoms with van der Waals surface area (Å²) in [6.45, 7) is 6.53. The minimum atomic E-state index is 0.577. The summed E-state index contributed by atoms with van der Waals surface area (Å²) in [7, 11) is 1.80. The first-order valence-corrected chi connectivity index (χ1v) is 7.69. The number of methoxy groups -OCH3 is 1. The van der Waals surface area contributed by atoms with Crippen LogP contribution in [0, 0.1) is 5.92 Å². The van der Waals surface area contributed by atoms with E-state index >= 15 is 0 Å². The predicted molar refractivity (Wildman–Crippen MR) is 78.9 cm³/mol. The van der Waals surface area contributed by atoms with E-state index in [-0.39, 0.29) is 0 Å². The van der Waals surface area contributed by atoms with Crippen LogP contribution in [-0.4, -0.2) is 26.3 Å². The highest BCUT2D eigenvalue weighted by atomic mass is 16.5. The van der Waals surface area contributed by atoms with Gasteiger partial charge in [-0.1, -0.05) is 31.9 Å². The van der Waals surface area contributed by atoms with Gasteiger partial charge in [0.05, 0.1) is 0 Å². The quantitative estimate of drug-likeness (QED) is 0.662. The molecular formula is C16H31NO. The summed E-state index contributed by atoms with van der Waals surface area (Å²) in [6.07, 6.45) is 11.6. The summed E-state index contributed by atoms with van der Waals surface area (Å²) in [6, 6.07) is 0.577. The molecule has 2 heteroatoms. The summed E-state index contributed by atoms with van der Waals surface area (Å²) in [4.78, 5) is 0. The number of allylic oxidation sites excluding steroid dienone is 1. The number of rotatable bonds is 8. The molecule has 0 fully saturated rings. The molecule has 1 rings (SSSR count). The molecular weight excluding hydrogens is 222 g/mol. The molecule has 0 saturated carbocycles. The van der Waals surface area contributed by atoms with Crippen LogP contribution in [0.15, 0.2) is 11.6 Å². The van der Waals surface area contributed by atoms with Gasteiger partial charge in [-0.15, -0.1) is 0 Å². The van der Waals surface area contributed by atoms with Crippen LogP contribution in [0.4, 0.5) is 0 Å². The third-order valence-corrected chi connectivity index (χ3v) is 3.75. The van der Waals surface area contributed by atoms with Crippen molar-refractivity contribution in [3.05, 3.63) is 11.6 Å². The normalized spacial score (nSPS) is 20.1. The second-order valence-corrected chi connectivity index (χ2v) is 5.68. The van der Waals surface area contributed by atoms with Crippen LogP contribution in [0.5, 0.6) is 0 Å². The lowest BCUT2D eigenvalue weighted by Gasteiger charge is -2.24. The van der Waals surface area contributed by atoms with Crippen molar-refractivity contribution in [1.29, 1.82) is 0 Å². The first kappa shape index (κ1) is 15.7. The first-order valence-electron chi connectivity index (χ1n) is 7.69. The van der Waals surface area contributed by atoms with Crippen LogP contribution in [0.25, 0.3) is 0 Å². The topological polar surface area (TPSA) is 21.3 Å². The van der Waals surface area contributed by atoms with Gasteiger partial charge in [0.1, 0.15) is 0 Å². The molecule has 1 aliphatic rings. The Kier molecular flexibility index (Phi) is 8.36. The van der Waals surface area contributed by atoms with E-state index in [1.165, 1.54) is 44.9 Å². The molecule has 0 aliphatic heterocycles. The van der Waals surface area contributed by atoms with Crippen molar-refractivity contribution in [2.75, 3.05) is 20.3 Å². The molecule has 2 unspecified atom stereocenters. The average Bonchev–Trinajstić information content (AvgIpc) is 2.63. The highest BCUT2D eigenvalue weighted by Gasteiger charge is 2.17. The molecule has 0 saturated heterocycles. The van der Waals surface area contributed by atoms with Gasteiger partial charge < -0.3 is 10.1 Å². The lowest BCUT2D eigenvalue weighted by molar-refractivity contribution is 0.151. The second-order valence-electron chi connectivity index (χ2n) is 5.68. The van der Waals surface area contributed by atoms with E-state index in [4.69, 9.17) is 4.74 Å². The molecule has 0 spiro atoms. The van der Waals surface area contributed by atoms with Crippen molar-refractivity contribution in [1.82, 2.24) is 5.32 Å². The molecule has 106 valence electrons. The van der Waals surface area contributed by atoms with Crippen LogP contribution < -0.4 is 5.32 Å². The Balaban J connectivity index is 2.54. The van der Waals surface area contributed by atoms with Gasteiger partial charge in [-0.2, -0.15) is 0 Å². The van der Waals surface area contributed by atoms with Crippen LogP contribution in [0.3, 0.4) is 0 Å². The van der Waals surface area contributed by atoms with Gasteiger partial charge in [-0.3, -0.25) is 0 Å². The molecule has 1 N–H and O–H groups in total. The maximum atomic E-state index is 5.27. The zero-order chi connectivity index (χ0) is 13.2. The van der Waals surface area contributed by atoms with E-state index in [9.17, 15) is 0 Å². The van der Waals surface area contributed by atoms with Crippen molar-refractivity contribution in [2.24, 2.45) is 5.92 Å². The molecule has 0 aromatic heterocycles. The van der Waals surface area contributed by atoms with Crippen molar-refractivity contribution in [2.45, 2.75) is 64.8 Å². The van der Waals surface area contributed by atoms with E-state index in [1.807, 2.05) is 0 Å². The van der Waals surface area contributed by atoms with E-state index in [0.29, 0.717) is 12.0 Å². The maximum absolute atomic E-state index is 5.27. The summed E-state index contributed by atoms with van der Waals surface area (Å²) >= 11 is 0. The third kappa shape index (κ3) is 6.01. The SMILES string of the molecule is CCCNC(CC(C)COC)C1=CCCCCC1. The largest absolute Gasteiger partial charge is 0.384 e. The van der Waals surface area contributed by atoms with E-state index in [1.54, 1.807) is 12.7 Å². The maximum Gasteiger partial charge on any atom is 0.0488 e. The van der Waals surface area contributed by atoms with Crippen LogP contribution in [0.1, 0.15) is 58.8 Å². The van der Waals surface area contributed by atoms with Gasteiger partial charge in [0, 0.05) is 19.8 Å². The van der Waals surface area contributed by atoms with Gasteiger partial charge in [-0.25, -0.2) is 0 Å². The Hall–Kier alpha value is -0.340. The minimum Gasteiger partial charge on any atom is -0.384 e. The molecule has 0 heterocycles. The summed E-state index contributed by atoms with van der Waals surface area (Å²) < 4.78 is 5.27. The van der Waals surface area contributed by atoms with Gasteiger partial charge in [0.15, 0.2) is 0 Å². The fraction of sp³-hybridized carbons (Fsp3) is 0.875. The van der Waals surface area contributed by atoms with Crippen molar-refractivity contribution >= 4 is 0 Å².